The van der Waals surface area contributed by atoms with Gasteiger partial charge in [-0.15, -0.1) is 0 Å². The summed E-state index contributed by atoms with van der Waals surface area (Å²) in [5.41, 5.74) is 1.53. The van der Waals surface area contributed by atoms with Crippen molar-refractivity contribution < 1.29 is 14.3 Å². The van der Waals surface area contributed by atoms with Gasteiger partial charge in [0.05, 0.1) is 17.5 Å². The van der Waals surface area contributed by atoms with Gasteiger partial charge in [0, 0.05) is 33.2 Å². The Balaban J connectivity index is 1.69. The van der Waals surface area contributed by atoms with Gasteiger partial charge in [-0.05, 0) is 31.0 Å². The molecule has 0 aliphatic carbocycles. The van der Waals surface area contributed by atoms with E-state index in [0.29, 0.717) is 37.0 Å². The molecule has 0 saturated heterocycles. The molecule has 2 aromatic carbocycles. The second-order valence-corrected chi connectivity index (χ2v) is 8.05. The number of carbonyl (C=O) groups is 2. The summed E-state index contributed by atoms with van der Waals surface area (Å²) in [5, 5.41) is 5.88. The van der Waals surface area contributed by atoms with E-state index in [1.807, 2.05) is 31.2 Å². The van der Waals surface area contributed by atoms with Crippen LogP contribution >= 0.6 is 0 Å². The normalized spacial score (nSPS) is 10.9. The molecule has 1 aromatic heterocycles. The number of rotatable bonds is 11. The molecule has 0 aliphatic heterocycles. The zero-order valence-corrected chi connectivity index (χ0v) is 19.5. The minimum Gasteiger partial charge on any atom is -0.383 e. The second kappa shape index (κ2) is 11.9. The van der Waals surface area contributed by atoms with Gasteiger partial charge in [-0.1, -0.05) is 42.0 Å². The Kier molecular flexibility index (Phi) is 8.75. The smallest absolute Gasteiger partial charge is 0.331 e. The van der Waals surface area contributed by atoms with Crippen LogP contribution in [0.15, 0.2) is 58.1 Å². The lowest BCUT2D eigenvalue weighted by Gasteiger charge is -2.14. The molecule has 1 heterocycles. The molecule has 0 fully saturated rings. The van der Waals surface area contributed by atoms with E-state index in [1.54, 1.807) is 24.3 Å². The van der Waals surface area contributed by atoms with Crippen LogP contribution in [0.25, 0.3) is 10.9 Å². The fourth-order valence-electron chi connectivity index (χ4n) is 3.61. The quantitative estimate of drug-likeness (QED) is 0.414. The third kappa shape index (κ3) is 6.41. The molecule has 9 nitrogen and oxygen atoms in total. The number of fused-ring (bicyclic) bond motifs is 1. The highest BCUT2D eigenvalue weighted by Crippen LogP contribution is 2.08. The molecule has 0 unspecified atom stereocenters. The van der Waals surface area contributed by atoms with Gasteiger partial charge >= 0.3 is 5.69 Å². The Bertz CT molecular complexity index is 1260. The fourth-order valence-corrected chi connectivity index (χ4v) is 3.61. The molecule has 2 amide bonds. The van der Waals surface area contributed by atoms with Crippen molar-refractivity contribution in [2.45, 2.75) is 39.4 Å². The zero-order chi connectivity index (χ0) is 24.5. The number of amides is 2. The number of benzene rings is 2. The standard InChI is InChI=1S/C25H30N4O5/c1-18-9-11-19(12-10-18)16-27-22(30)8-5-14-28-24(32)20-6-3-4-7-21(20)29(25(28)33)17-23(31)26-13-15-34-2/h3-4,6-7,9-12H,5,8,13-17H2,1-2H3,(H,26,31)(H,27,30). The van der Waals surface area contributed by atoms with Gasteiger partial charge in [-0.3, -0.25) is 23.5 Å². The van der Waals surface area contributed by atoms with E-state index in [0.717, 1.165) is 15.7 Å². The summed E-state index contributed by atoms with van der Waals surface area (Å²) < 4.78 is 7.30. The maximum atomic E-state index is 13.1. The molecule has 0 atom stereocenters. The number of carbonyl (C=O) groups excluding carboxylic acids is 2. The fraction of sp³-hybridized carbons (Fsp3) is 0.360. The maximum Gasteiger partial charge on any atom is 0.331 e. The molecular formula is C25H30N4O5. The van der Waals surface area contributed by atoms with Gasteiger partial charge < -0.3 is 15.4 Å². The first-order chi connectivity index (χ1) is 16.4. The lowest BCUT2D eigenvalue weighted by Crippen LogP contribution is -2.43. The Morgan fingerprint density at radius 2 is 1.68 bits per heavy atom. The number of hydrogen-bond donors (Lipinski definition) is 2. The van der Waals surface area contributed by atoms with Crippen LogP contribution in [-0.2, 0) is 34.0 Å². The number of ether oxygens (including phenoxy) is 1. The molecule has 3 aromatic rings. The highest BCUT2D eigenvalue weighted by molar-refractivity contribution is 5.81. The summed E-state index contributed by atoms with van der Waals surface area (Å²) in [4.78, 5) is 50.6. The van der Waals surface area contributed by atoms with Crippen LogP contribution in [-0.4, -0.2) is 41.2 Å². The maximum absolute atomic E-state index is 13.1. The molecule has 3 rings (SSSR count). The number of nitrogens with zero attached hydrogens (tertiary/aromatic N) is 2. The lowest BCUT2D eigenvalue weighted by atomic mass is 10.1. The van der Waals surface area contributed by atoms with E-state index in [2.05, 4.69) is 10.6 Å². The summed E-state index contributed by atoms with van der Waals surface area (Å²) in [7, 11) is 1.53. The van der Waals surface area contributed by atoms with Crippen molar-refractivity contribution >= 4 is 22.7 Å². The number of aromatic nitrogens is 2. The van der Waals surface area contributed by atoms with E-state index >= 15 is 0 Å². The zero-order valence-electron chi connectivity index (χ0n) is 19.5. The predicted molar refractivity (Wildman–Crippen MR) is 130 cm³/mol. The van der Waals surface area contributed by atoms with Crippen LogP contribution in [0.5, 0.6) is 0 Å². The summed E-state index contributed by atoms with van der Waals surface area (Å²) >= 11 is 0. The van der Waals surface area contributed by atoms with Gasteiger partial charge in [0.15, 0.2) is 0 Å². The number of aryl methyl sites for hydroxylation is 1. The molecule has 180 valence electrons. The van der Waals surface area contributed by atoms with Crippen LogP contribution in [0.3, 0.4) is 0 Å². The monoisotopic (exact) mass is 466 g/mol. The van der Waals surface area contributed by atoms with E-state index in [4.69, 9.17) is 4.74 Å². The Morgan fingerprint density at radius 1 is 0.941 bits per heavy atom. The van der Waals surface area contributed by atoms with E-state index in [-0.39, 0.29) is 31.3 Å². The van der Waals surface area contributed by atoms with Crippen molar-refractivity contribution in [2.24, 2.45) is 0 Å². The Labute approximate surface area is 197 Å². The van der Waals surface area contributed by atoms with Crippen molar-refractivity contribution in [3.8, 4) is 0 Å². The first-order valence-electron chi connectivity index (χ1n) is 11.2. The van der Waals surface area contributed by atoms with Gasteiger partial charge in [-0.25, -0.2) is 4.79 Å². The van der Waals surface area contributed by atoms with Crippen LogP contribution in [0.4, 0.5) is 0 Å². The Hall–Kier alpha value is -3.72. The van der Waals surface area contributed by atoms with Crippen molar-refractivity contribution in [1.29, 1.82) is 0 Å². The van der Waals surface area contributed by atoms with Crippen LogP contribution in [0.1, 0.15) is 24.0 Å². The highest BCUT2D eigenvalue weighted by atomic mass is 16.5. The van der Waals surface area contributed by atoms with Crippen LogP contribution in [0, 0.1) is 6.92 Å². The molecule has 9 heteroatoms. The first kappa shape index (κ1) is 24.9. The van der Waals surface area contributed by atoms with Crippen molar-refractivity contribution in [3.05, 3.63) is 80.5 Å². The third-order valence-electron chi connectivity index (χ3n) is 5.46. The average molecular weight is 467 g/mol. The van der Waals surface area contributed by atoms with E-state index in [1.165, 1.54) is 11.7 Å². The third-order valence-corrected chi connectivity index (χ3v) is 5.46. The Morgan fingerprint density at radius 3 is 2.41 bits per heavy atom. The molecule has 0 spiro atoms. The van der Waals surface area contributed by atoms with Gasteiger partial charge in [-0.2, -0.15) is 0 Å². The summed E-state index contributed by atoms with van der Waals surface area (Å²) in [6, 6.07) is 14.6. The van der Waals surface area contributed by atoms with Gasteiger partial charge in [0.25, 0.3) is 5.56 Å². The minimum atomic E-state index is -0.578. The molecule has 0 aliphatic rings. The largest absolute Gasteiger partial charge is 0.383 e. The highest BCUT2D eigenvalue weighted by Gasteiger charge is 2.15. The summed E-state index contributed by atoms with van der Waals surface area (Å²) in [6.45, 7) is 2.94. The van der Waals surface area contributed by atoms with Crippen molar-refractivity contribution in [1.82, 2.24) is 19.8 Å². The number of nitrogens with one attached hydrogen (secondary N) is 2. The molecule has 2 N–H and O–H groups in total. The SMILES string of the molecule is COCCNC(=O)Cn1c(=O)n(CCCC(=O)NCc2ccc(C)cc2)c(=O)c2ccccc21. The molecule has 0 bridgehead atoms. The molecule has 0 radical (unpaired) electrons. The summed E-state index contributed by atoms with van der Waals surface area (Å²) in [5.74, 6) is -0.516. The van der Waals surface area contributed by atoms with Crippen LogP contribution in [0.2, 0.25) is 0 Å². The van der Waals surface area contributed by atoms with Gasteiger partial charge in [0.2, 0.25) is 11.8 Å². The van der Waals surface area contributed by atoms with Crippen molar-refractivity contribution in [2.75, 3.05) is 20.3 Å². The number of para-hydroxylation sites is 1. The van der Waals surface area contributed by atoms with Crippen LogP contribution < -0.4 is 21.9 Å². The first-order valence-corrected chi connectivity index (χ1v) is 11.2. The topological polar surface area (TPSA) is 111 Å². The molecule has 0 saturated carbocycles. The van der Waals surface area contributed by atoms with Gasteiger partial charge in [0.1, 0.15) is 6.54 Å². The number of hydrogen-bond acceptors (Lipinski definition) is 5. The lowest BCUT2D eigenvalue weighted by molar-refractivity contribution is -0.122. The van der Waals surface area contributed by atoms with Crippen molar-refractivity contribution in [3.63, 3.8) is 0 Å². The second-order valence-electron chi connectivity index (χ2n) is 8.05. The van der Waals surface area contributed by atoms with E-state index < -0.39 is 11.2 Å². The predicted octanol–water partition coefficient (Wildman–Crippen LogP) is 1.33. The van der Waals surface area contributed by atoms with E-state index in [9.17, 15) is 19.2 Å². The number of methoxy groups -OCH3 is 1. The molecule has 34 heavy (non-hydrogen) atoms. The molecular weight excluding hydrogens is 436 g/mol. The average Bonchev–Trinajstić information content (AvgIpc) is 2.83. The minimum absolute atomic E-state index is 0.0751. The summed E-state index contributed by atoms with van der Waals surface area (Å²) in [6.07, 6.45) is 0.481.